The standard InChI is InChI=1S/C17H30N2O2/c1-2-3-4-5-6-7-12-15(17(18)21)19-16(20)13-14-10-8-9-11-14/h2,14-15H,1,3-13H2,(H2,18,21)(H,19,20)/t15-/m1/s1. The molecule has 0 spiro atoms. The fourth-order valence-corrected chi connectivity index (χ4v) is 3.01. The number of nitrogens with two attached hydrogens (primary N) is 1. The second-order valence-electron chi connectivity index (χ2n) is 6.16. The Morgan fingerprint density at radius 2 is 1.86 bits per heavy atom. The first-order valence-corrected chi connectivity index (χ1v) is 8.33. The minimum Gasteiger partial charge on any atom is -0.368 e. The summed E-state index contributed by atoms with van der Waals surface area (Å²) in [5, 5.41) is 2.82. The maximum atomic E-state index is 12.0. The van der Waals surface area contributed by atoms with Crippen LogP contribution in [-0.4, -0.2) is 17.9 Å². The van der Waals surface area contributed by atoms with Crippen LogP contribution in [0.1, 0.15) is 70.6 Å². The van der Waals surface area contributed by atoms with E-state index in [2.05, 4.69) is 11.9 Å². The first-order valence-electron chi connectivity index (χ1n) is 8.33. The van der Waals surface area contributed by atoms with E-state index in [-0.39, 0.29) is 5.91 Å². The van der Waals surface area contributed by atoms with Crippen molar-refractivity contribution in [1.82, 2.24) is 5.32 Å². The SMILES string of the molecule is C=CCCCCCC[C@@H](NC(=O)CC1CCCC1)C(N)=O. The predicted molar refractivity (Wildman–Crippen MR) is 85.6 cm³/mol. The third kappa shape index (κ3) is 7.88. The van der Waals surface area contributed by atoms with Gasteiger partial charge in [0.05, 0.1) is 0 Å². The van der Waals surface area contributed by atoms with Gasteiger partial charge in [-0.2, -0.15) is 0 Å². The highest BCUT2D eigenvalue weighted by molar-refractivity contribution is 5.86. The van der Waals surface area contributed by atoms with Gasteiger partial charge in [0.25, 0.3) is 0 Å². The summed E-state index contributed by atoms with van der Waals surface area (Å²) < 4.78 is 0. The highest BCUT2D eigenvalue weighted by Gasteiger charge is 2.22. The van der Waals surface area contributed by atoms with Crippen molar-refractivity contribution in [3.8, 4) is 0 Å². The molecular weight excluding hydrogens is 264 g/mol. The second-order valence-corrected chi connectivity index (χ2v) is 6.16. The molecule has 4 heteroatoms. The van der Waals surface area contributed by atoms with Crippen LogP contribution in [-0.2, 0) is 9.59 Å². The number of primary amides is 1. The highest BCUT2D eigenvalue weighted by Crippen LogP contribution is 2.27. The maximum Gasteiger partial charge on any atom is 0.239 e. The lowest BCUT2D eigenvalue weighted by Crippen LogP contribution is -2.44. The molecule has 1 aliphatic rings. The van der Waals surface area contributed by atoms with Crippen molar-refractivity contribution >= 4 is 11.8 Å². The molecule has 1 aliphatic carbocycles. The quantitative estimate of drug-likeness (QED) is 0.454. The molecule has 1 rings (SSSR count). The number of unbranched alkanes of at least 4 members (excludes halogenated alkanes) is 4. The largest absolute Gasteiger partial charge is 0.368 e. The lowest BCUT2D eigenvalue weighted by molar-refractivity contribution is -0.128. The molecular formula is C17H30N2O2. The monoisotopic (exact) mass is 294 g/mol. The van der Waals surface area contributed by atoms with E-state index in [1.165, 1.54) is 12.8 Å². The molecule has 21 heavy (non-hydrogen) atoms. The first-order chi connectivity index (χ1) is 10.1. The first kappa shape index (κ1) is 17.7. The smallest absolute Gasteiger partial charge is 0.239 e. The van der Waals surface area contributed by atoms with Crippen molar-refractivity contribution in [2.45, 2.75) is 76.7 Å². The van der Waals surface area contributed by atoms with Crippen LogP contribution in [0.3, 0.4) is 0 Å². The van der Waals surface area contributed by atoms with Gasteiger partial charge < -0.3 is 11.1 Å². The van der Waals surface area contributed by atoms with E-state index in [0.29, 0.717) is 18.8 Å². The fourth-order valence-electron chi connectivity index (χ4n) is 3.01. The third-order valence-corrected chi connectivity index (χ3v) is 4.28. The van der Waals surface area contributed by atoms with Gasteiger partial charge in [-0.1, -0.05) is 38.2 Å². The predicted octanol–water partition coefficient (Wildman–Crippen LogP) is 3.06. The van der Waals surface area contributed by atoms with E-state index in [1.54, 1.807) is 0 Å². The lowest BCUT2D eigenvalue weighted by Gasteiger charge is -2.17. The molecule has 1 atom stereocenters. The van der Waals surface area contributed by atoms with E-state index < -0.39 is 11.9 Å². The van der Waals surface area contributed by atoms with Crippen LogP contribution in [0.15, 0.2) is 12.7 Å². The molecule has 120 valence electrons. The van der Waals surface area contributed by atoms with Gasteiger partial charge in [-0.05, 0) is 38.0 Å². The Morgan fingerprint density at radius 1 is 1.19 bits per heavy atom. The summed E-state index contributed by atoms with van der Waals surface area (Å²) in [6.45, 7) is 3.70. The molecule has 0 aliphatic heterocycles. The second kappa shape index (κ2) is 10.4. The van der Waals surface area contributed by atoms with E-state index in [4.69, 9.17) is 5.73 Å². The van der Waals surface area contributed by atoms with Gasteiger partial charge in [0.15, 0.2) is 0 Å². The molecule has 1 fully saturated rings. The fraction of sp³-hybridized carbons (Fsp3) is 0.765. The molecule has 0 bridgehead atoms. The Bertz CT molecular complexity index is 336. The van der Waals surface area contributed by atoms with Crippen molar-refractivity contribution in [1.29, 1.82) is 0 Å². The molecule has 0 unspecified atom stereocenters. The molecule has 2 amide bonds. The van der Waals surface area contributed by atoms with Gasteiger partial charge in [-0.15, -0.1) is 6.58 Å². The molecule has 1 saturated carbocycles. The minimum absolute atomic E-state index is 0.0163. The van der Waals surface area contributed by atoms with Crippen molar-refractivity contribution in [2.24, 2.45) is 11.7 Å². The molecule has 0 saturated heterocycles. The number of rotatable bonds is 11. The van der Waals surface area contributed by atoms with Crippen LogP contribution < -0.4 is 11.1 Å². The molecule has 3 N–H and O–H groups in total. The van der Waals surface area contributed by atoms with Gasteiger partial charge >= 0.3 is 0 Å². The Morgan fingerprint density at radius 3 is 2.48 bits per heavy atom. The minimum atomic E-state index is -0.502. The lowest BCUT2D eigenvalue weighted by atomic mass is 10.0. The van der Waals surface area contributed by atoms with Gasteiger partial charge in [0.2, 0.25) is 11.8 Å². The Kier molecular flexibility index (Phi) is 8.79. The van der Waals surface area contributed by atoms with Crippen molar-refractivity contribution in [3.63, 3.8) is 0 Å². The molecule has 0 aromatic heterocycles. The number of allylic oxidation sites excluding steroid dienone is 1. The van der Waals surface area contributed by atoms with Crippen molar-refractivity contribution < 1.29 is 9.59 Å². The summed E-state index contributed by atoms with van der Waals surface area (Å²) in [4.78, 5) is 23.4. The third-order valence-electron chi connectivity index (χ3n) is 4.28. The summed E-state index contributed by atoms with van der Waals surface area (Å²) in [5.74, 6) is 0.0654. The molecule has 0 aromatic rings. The Hall–Kier alpha value is -1.32. The number of carbonyl (C=O) groups excluding carboxylic acids is 2. The number of carbonyl (C=O) groups is 2. The average molecular weight is 294 g/mol. The highest BCUT2D eigenvalue weighted by atomic mass is 16.2. The molecule has 0 aromatic carbocycles. The number of amides is 2. The zero-order valence-corrected chi connectivity index (χ0v) is 13.1. The Labute approximate surface area is 128 Å². The van der Waals surface area contributed by atoms with E-state index in [1.807, 2.05) is 6.08 Å². The zero-order valence-electron chi connectivity index (χ0n) is 13.1. The van der Waals surface area contributed by atoms with Crippen molar-refractivity contribution in [3.05, 3.63) is 12.7 Å². The van der Waals surface area contributed by atoms with Crippen LogP contribution >= 0.6 is 0 Å². The van der Waals surface area contributed by atoms with Crippen molar-refractivity contribution in [2.75, 3.05) is 0 Å². The number of nitrogens with one attached hydrogen (secondary N) is 1. The van der Waals surface area contributed by atoms with Gasteiger partial charge in [0.1, 0.15) is 6.04 Å². The van der Waals surface area contributed by atoms with Crippen LogP contribution in [0.4, 0.5) is 0 Å². The molecule has 0 radical (unpaired) electrons. The van der Waals surface area contributed by atoms with Crippen LogP contribution in [0.2, 0.25) is 0 Å². The zero-order chi connectivity index (χ0) is 15.5. The van der Waals surface area contributed by atoms with Gasteiger partial charge in [-0.25, -0.2) is 0 Å². The summed E-state index contributed by atoms with van der Waals surface area (Å²) >= 11 is 0. The summed E-state index contributed by atoms with van der Waals surface area (Å²) in [7, 11) is 0. The van der Waals surface area contributed by atoms with Crippen LogP contribution in [0, 0.1) is 5.92 Å². The van der Waals surface area contributed by atoms with E-state index in [9.17, 15) is 9.59 Å². The molecule has 4 nitrogen and oxygen atoms in total. The van der Waals surface area contributed by atoms with Crippen LogP contribution in [0.5, 0.6) is 0 Å². The number of hydrogen-bond acceptors (Lipinski definition) is 2. The van der Waals surface area contributed by atoms with Gasteiger partial charge in [-0.3, -0.25) is 9.59 Å². The van der Waals surface area contributed by atoms with Gasteiger partial charge in [0, 0.05) is 6.42 Å². The van der Waals surface area contributed by atoms with E-state index in [0.717, 1.165) is 44.9 Å². The summed E-state index contributed by atoms with van der Waals surface area (Å²) in [6, 6.07) is -0.502. The topological polar surface area (TPSA) is 72.2 Å². The number of hydrogen-bond donors (Lipinski definition) is 2. The summed E-state index contributed by atoms with van der Waals surface area (Å²) in [6.07, 6.45) is 13.1. The maximum absolute atomic E-state index is 12.0. The Balaban J connectivity index is 2.20. The average Bonchev–Trinajstić information content (AvgIpc) is 2.93. The van der Waals surface area contributed by atoms with Crippen LogP contribution in [0.25, 0.3) is 0 Å². The van der Waals surface area contributed by atoms with E-state index >= 15 is 0 Å². The molecule has 0 heterocycles. The normalized spacial score (nSPS) is 16.6. The summed E-state index contributed by atoms with van der Waals surface area (Å²) in [5.41, 5.74) is 5.39.